The molecule has 3 rings (SSSR count). The third-order valence-electron chi connectivity index (χ3n) is 4.18. The first-order valence-corrected chi connectivity index (χ1v) is 9.78. The van der Waals surface area contributed by atoms with Gasteiger partial charge in [0.1, 0.15) is 0 Å². The van der Waals surface area contributed by atoms with Crippen molar-refractivity contribution in [2.45, 2.75) is 20.3 Å². The van der Waals surface area contributed by atoms with Crippen molar-refractivity contribution in [3.05, 3.63) is 53.6 Å². The number of hydrogen-bond donors (Lipinski definition) is 0. The predicted molar refractivity (Wildman–Crippen MR) is 110 cm³/mol. The second-order valence-electron chi connectivity index (χ2n) is 6.42. The van der Waals surface area contributed by atoms with Gasteiger partial charge in [-0.15, -0.1) is 0 Å². The number of ketones is 1. The first-order valence-electron chi connectivity index (χ1n) is 9.78. The number of rotatable bonds is 10. The van der Waals surface area contributed by atoms with Crippen LogP contribution >= 0.6 is 0 Å². The third-order valence-corrected chi connectivity index (χ3v) is 4.18. The molecule has 0 radical (unpaired) electrons. The van der Waals surface area contributed by atoms with E-state index in [1.807, 2.05) is 19.9 Å². The molecule has 1 aliphatic heterocycles. The van der Waals surface area contributed by atoms with Crippen molar-refractivity contribution in [3.8, 4) is 23.0 Å². The highest BCUT2D eigenvalue weighted by Gasteiger charge is 2.17. The Morgan fingerprint density at radius 1 is 1.00 bits per heavy atom. The average Bonchev–Trinajstić information content (AvgIpc) is 3.23. The van der Waals surface area contributed by atoms with Gasteiger partial charge in [0.05, 0.1) is 13.2 Å². The van der Waals surface area contributed by atoms with E-state index in [9.17, 15) is 9.59 Å². The fraction of sp³-hybridized carbons (Fsp3) is 0.304. The Kier molecular flexibility index (Phi) is 7.32. The highest BCUT2D eigenvalue weighted by molar-refractivity contribution is 5.99. The van der Waals surface area contributed by atoms with Crippen LogP contribution in [0.1, 0.15) is 36.2 Å². The van der Waals surface area contributed by atoms with Crippen LogP contribution in [0, 0.1) is 0 Å². The summed E-state index contributed by atoms with van der Waals surface area (Å²) in [7, 11) is 0. The van der Waals surface area contributed by atoms with Crippen LogP contribution in [0.5, 0.6) is 23.0 Å². The van der Waals surface area contributed by atoms with Gasteiger partial charge < -0.3 is 23.7 Å². The predicted octanol–water partition coefficient (Wildman–Crippen LogP) is 4.04. The normalized spacial score (nSPS) is 12.1. The molecule has 0 bridgehead atoms. The van der Waals surface area contributed by atoms with Crippen molar-refractivity contribution >= 4 is 17.8 Å². The minimum absolute atomic E-state index is 0.128. The largest absolute Gasteiger partial charge is 0.490 e. The highest BCUT2D eigenvalue weighted by atomic mass is 16.7. The summed E-state index contributed by atoms with van der Waals surface area (Å²) in [6.07, 6.45) is 3.76. The SMILES string of the molecule is CCCOc1ccc(/C=C/C(=O)OCC(=O)c2ccc3c(c2)OCO3)cc1OCC. The molecule has 0 atom stereocenters. The van der Waals surface area contributed by atoms with Gasteiger partial charge in [-0.3, -0.25) is 4.79 Å². The van der Waals surface area contributed by atoms with Crippen molar-refractivity contribution in [1.82, 2.24) is 0 Å². The molecule has 158 valence electrons. The van der Waals surface area contributed by atoms with Gasteiger partial charge >= 0.3 is 5.97 Å². The summed E-state index contributed by atoms with van der Waals surface area (Å²) in [4.78, 5) is 24.2. The van der Waals surface area contributed by atoms with Crippen LogP contribution in [-0.4, -0.2) is 38.4 Å². The van der Waals surface area contributed by atoms with Gasteiger partial charge in [-0.25, -0.2) is 4.79 Å². The van der Waals surface area contributed by atoms with Gasteiger partial charge in [0, 0.05) is 11.6 Å². The number of benzene rings is 2. The zero-order chi connectivity index (χ0) is 21.3. The van der Waals surface area contributed by atoms with E-state index in [0.717, 1.165) is 12.0 Å². The van der Waals surface area contributed by atoms with Crippen molar-refractivity contribution in [2.75, 3.05) is 26.6 Å². The van der Waals surface area contributed by atoms with Crippen LogP contribution in [0.3, 0.4) is 0 Å². The molecule has 7 heteroatoms. The molecule has 0 N–H and O–H groups in total. The Morgan fingerprint density at radius 2 is 1.83 bits per heavy atom. The van der Waals surface area contributed by atoms with E-state index in [2.05, 4.69) is 0 Å². The number of Topliss-reactive ketones (excluding diaryl/α,β-unsaturated/α-hetero) is 1. The van der Waals surface area contributed by atoms with E-state index in [1.165, 1.54) is 6.08 Å². The Labute approximate surface area is 175 Å². The lowest BCUT2D eigenvalue weighted by atomic mass is 10.1. The lowest BCUT2D eigenvalue weighted by molar-refractivity contribution is -0.136. The summed E-state index contributed by atoms with van der Waals surface area (Å²) in [5.41, 5.74) is 1.14. The molecule has 0 spiro atoms. The van der Waals surface area contributed by atoms with Crippen LogP contribution in [-0.2, 0) is 9.53 Å². The first kappa shape index (κ1) is 21.2. The maximum atomic E-state index is 12.2. The summed E-state index contributed by atoms with van der Waals surface area (Å²) in [6.45, 7) is 4.78. The summed E-state index contributed by atoms with van der Waals surface area (Å²) in [6, 6.07) is 10.2. The first-order chi connectivity index (χ1) is 14.6. The Hall–Kier alpha value is -3.48. The van der Waals surface area contributed by atoms with Gasteiger partial charge in [-0.2, -0.15) is 0 Å². The second-order valence-corrected chi connectivity index (χ2v) is 6.42. The molecule has 7 nitrogen and oxygen atoms in total. The fourth-order valence-electron chi connectivity index (χ4n) is 2.73. The Bertz CT molecular complexity index is 933. The lowest BCUT2D eigenvalue weighted by Gasteiger charge is -2.12. The van der Waals surface area contributed by atoms with Crippen LogP contribution in [0.25, 0.3) is 6.08 Å². The number of hydrogen-bond acceptors (Lipinski definition) is 7. The van der Waals surface area contributed by atoms with E-state index in [0.29, 0.717) is 41.8 Å². The molecular formula is C23H24O7. The number of fused-ring (bicyclic) bond motifs is 1. The van der Waals surface area contributed by atoms with E-state index in [-0.39, 0.29) is 19.2 Å². The summed E-state index contributed by atoms with van der Waals surface area (Å²) < 4.78 is 26.8. The number of ether oxygens (including phenoxy) is 5. The smallest absolute Gasteiger partial charge is 0.331 e. The van der Waals surface area contributed by atoms with E-state index in [4.69, 9.17) is 23.7 Å². The van der Waals surface area contributed by atoms with E-state index < -0.39 is 5.97 Å². The summed E-state index contributed by atoms with van der Waals surface area (Å²) in [5.74, 6) is 1.42. The van der Waals surface area contributed by atoms with Crippen LogP contribution < -0.4 is 18.9 Å². The summed E-state index contributed by atoms with van der Waals surface area (Å²) in [5, 5.41) is 0. The van der Waals surface area contributed by atoms with E-state index >= 15 is 0 Å². The molecule has 0 aliphatic carbocycles. The van der Waals surface area contributed by atoms with Crippen LogP contribution in [0.4, 0.5) is 0 Å². The third kappa shape index (κ3) is 5.53. The van der Waals surface area contributed by atoms with Crippen molar-refractivity contribution in [2.24, 2.45) is 0 Å². The molecule has 0 aromatic heterocycles. The standard InChI is InChI=1S/C23H24O7/c1-3-11-27-19-8-5-16(12-21(19)26-4-2)6-10-23(25)28-14-18(24)17-7-9-20-22(13-17)30-15-29-20/h5-10,12-13H,3-4,11,14-15H2,1-2H3/b10-6+. The van der Waals surface area contributed by atoms with Crippen LogP contribution in [0.2, 0.25) is 0 Å². The highest BCUT2D eigenvalue weighted by Crippen LogP contribution is 2.32. The Morgan fingerprint density at radius 3 is 2.63 bits per heavy atom. The molecular weight excluding hydrogens is 388 g/mol. The molecule has 0 saturated heterocycles. The zero-order valence-corrected chi connectivity index (χ0v) is 17.0. The van der Waals surface area contributed by atoms with E-state index in [1.54, 1.807) is 36.4 Å². The molecule has 1 aliphatic rings. The summed E-state index contributed by atoms with van der Waals surface area (Å²) >= 11 is 0. The quantitative estimate of drug-likeness (QED) is 0.331. The molecule has 0 amide bonds. The van der Waals surface area contributed by atoms with Gasteiger partial charge in [-0.1, -0.05) is 13.0 Å². The molecule has 2 aromatic rings. The minimum Gasteiger partial charge on any atom is -0.490 e. The Balaban J connectivity index is 1.56. The average molecular weight is 412 g/mol. The van der Waals surface area contributed by atoms with Gasteiger partial charge in [0.2, 0.25) is 6.79 Å². The van der Waals surface area contributed by atoms with Crippen molar-refractivity contribution in [1.29, 1.82) is 0 Å². The molecule has 2 aromatic carbocycles. The van der Waals surface area contributed by atoms with Crippen molar-refractivity contribution < 1.29 is 33.3 Å². The van der Waals surface area contributed by atoms with Crippen LogP contribution in [0.15, 0.2) is 42.5 Å². The molecule has 0 unspecified atom stereocenters. The van der Waals surface area contributed by atoms with Gasteiger partial charge in [0.25, 0.3) is 0 Å². The number of esters is 1. The zero-order valence-electron chi connectivity index (χ0n) is 17.0. The second kappa shape index (κ2) is 10.3. The van der Waals surface area contributed by atoms with Gasteiger partial charge in [0.15, 0.2) is 35.4 Å². The number of carbonyl (C=O) groups excluding carboxylic acids is 2. The maximum Gasteiger partial charge on any atom is 0.331 e. The molecule has 30 heavy (non-hydrogen) atoms. The molecule has 0 fully saturated rings. The van der Waals surface area contributed by atoms with Gasteiger partial charge in [-0.05, 0) is 55.3 Å². The fourth-order valence-corrected chi connectivity index (χ4v) is 2.73. The number of carbonyl (C=O) groups is 2. The topological polar surface area (TPSA) is 80.3 Å². The monoisotopic (exact) mass is 412 g/mol. The lowest BCUT2D eigenvalue weighted by Crippen LogP contribution is -2.12. The minimum atomic E-state index is -0.617. The molecule has 0 saturated carbocycles. The van der Waals surface area contributed by atoms with Crippen molar-refractivity contribution in [3.63, 3.8) is 0 Å². The maximum absolute atomic E-state index is 12.2. The molecule has 1 heterocycles.